The minimum Gasteiger partial charge on any atom is -0.383 e. The lowest BCUT2D eigenvalue weighted by molar-refractivity contribution is 0.946. The Morgan fingerprint density at radius 3 is 2.83 bits per heavy atom. The lowest BCUT2D eigenvalue weighted by atomic mass is 10.4. The van der Waals surface area contributed by atoms with Crippen LogP contribution >= 0.6 is 0 Å². The Kier molecular flexibility index (Phi) is 1.21. The molecular formula is C7H9N5. The maximum absolute atomic E-state index is 5.63. The average molecular weight is 163 g/mol. The van der Waals surface area contributed by atoms with E-state index in [0.717, 1.165) is 11.0 Å². The van der Waals surface area contributed by atoms with Gasteiger partial charge in [0.25, 0.3) is 0 Å². The monoisotopic (exact) mass is 163 g/mol. The van der Waals surface area contributed by atoms with Gasteiger partial charge in [-0.05, 0) is 6.07 Å². The van der Waals surface area contributed by atoms with Crippen LogP contribution in [0.2, 0.25) is 0 Å². The molecule has 0 radical (unpaired) electrons. The minimum absolute atomic E-state index is 0.210. The Labute approximate surface area is 69.0 Å². The third-order valence-electron chi connectivity index (χ3n) is 1.77. The summed E-state index contributed by atoms with van der Waals surface area (Å²) in [6, 6.07) is 1.87. The van der Waals surface area contributed by atoms with Gasteiger partial charge in [0.05, 0.1) is 5.39 Å². The van der Waals surface area contributed by atoms with Crippen molar-refractivity contribution in [3.63, 3.8) is 0 Å². The Morgan fingerprint density at radius 1 is 1.33 bits per heavy atom. The molecule has 2 heterocycles. The van der Waals surface area contributed by atoms with Gasteiger partial charge in [-0.2, -0.15) is 9.97 Å². The summed E-state index contributed by atoms with van der Waals surface area (Å²) in [5, 5.41) is 0.840. The number of aryl methyl sites for hydroxylation is 1. The van der Waals surface area contributed by atoms with Gasteiger partial charge in [0.2, 0.25) is 5.95 Å². The molecule has 12 heavy (non-hydrogen) atoms. The number of hydrogen-bond acceptors (Lipinski definition) is 4. The fourth-order valence-corrected chi connectivity index (χ4v) is 1.18. The molecule has 5 heteroatoms. The first-order valence-electron chi connectivity index (χ1n) is 3.52. The number of hydrogen-bond donors (Lipinski definition) is 2. The van der Waals surface area contributed by atoms with E-state index < -0.39 is 0 Å². The van der Waals surface area contributed by atoms with E-state index in [2.05, 4.69) is 9.97 Å². The Morgan fingerprint density at radius 2 is 2.08 bits per heavy atom. The second-order valence-electron chi connectivity index (χ2n) is 2.63. The van der Waals surface area contributed by atoms with Crippen LogP contribution in [0.15, 0.2) is 12.3 Å². The van der Waals surface area contributed by atoms with E-state index in [1.165, 1.54) is 0 Å². The van der Waals surface area contributed by atoms with Gasteiger partial charge < -0.3 is 16.0 Å². The number of nitrogens with zero attached hydrogens (tertiary/aromatic N) is 3. The maximum atomic E-state index is 5.63. The molecule has 0 spiro atoms. The summed E-state index contributed by atoms with van der Waals surface area (Å²) in [7, 11) is 1.88. The molecule has 0 bridgehead atoms. The molecule has 0 saturated heterocycles. The van der Waals surface area contributed by atoms with Gasteiger partial charge >= 0.3 is 0 Å². The summed E-state index contributed by atoms with van der Waals surface area (Å²) < 4.78 is 1.85. The molecular weight excluding hydrogens is 154 g/mol. The molecule has 2 aromatic heterocycles. The van der Waals surface area contributed by atoms with Gasteiger partial charge in [-0.1, -0.05) is 0 Å². The lowest BCUT2D eigenvalue weighted by Crippen LogP contribution is -2.01. The fourth-order valence-electron chi connectivity index (χ4n) is 1.18. The van der Waals surface area contributed by atoms with Crippen LogP contribution in [0.5, 0.6) is 0 Å². The Hall–Kier alpha value is -1.78. The second-order valence-corrected chi connectivity index (χ2v) is 2.63. The number of anilines is 2. The molecule has 2 aromatic rings. The molecule has 2 rings (SSSR count). The molecule has 0 saturated carbocycles. The van der Waals surface area contributed by atoms with Crippen LogP contribution in [0, 0.1) is 0 Å². The van der Waals surface area contributed by atoms with E-state index in [-0.39, 0.29) is 5.95 Å². The second kappa shape index (κ2) is 2.10. The van der Waals surface area contributed by atoms with Crippen LogP contribution < -0.4 is 11.5 Å². The van der Waals surface area contributed by atoms with E-state index in [4.69, 9.17) is 11.5 Å². The lowest BCUT2D eigenvalue weighted by Gasteiger charge is -1.98. The molecule has 0 aromatic carbocycles. The van der Waals surface area contributed by atoms with Crippen molar-refractivity contribution in [2.75, 3.05) is 11.5 Å². The SMILES string of the molecule is Cn1ccc2c(N)nc(N)nc21. The van der Waals surface area contributed by atoms with Crippen molar-refractivity contribution in [2.45, 2.75) is 0 Å². The molecule has 0 fully saturated rings. The standard InChI is InChI=1S/C7H9N5/c1-12-3-2-4-5(8)10-7(9)11-6(4)12/h2-3H,1H3,(H4,8,9,10,11). The van der Waals surface area contributed by atoms with Gasteiger partial charge in [-0.3, -0.25) is 0 Å². The maximum Gasteiger partial charge on any atom is 0.223 e. The topological polar surface area (TPSA) is 82.8 Å². The summed E-state index contributed by atoms with van der Waals surface area (Å²) in [6.07, 6.45) is 1.87. The zero-order valence-electron chi connectivity index (χ0n) is 6.65. The minimum atomic E-state index is 0.210. The fraction of sp³-hybridized carbons (Fsp3) is 0.143. The van der Waals surface area contributed by atoms with Crippen LogP contribution in [0.1, 0.15) is 0 Å². The van der Waals surface area contributed by atoms with Crippen LogP contribution in [-0.2, 0) is 7.05 Å². The molecule has 0 amide bonds. The quantitative estimate of drug-likeness (QED) is 0.578. The van der Waals surface area contributed by atoms with Crippen LogP contribution in [0.4, 0.5) is 11.8 Å². The van der Waals surface area contributed by atoms with Crippen LogP contribution in [0.3, 0.4) is 0 Å². The highest BCUT2D eigenvalue weighted by Crippen LogP contribution is 2.18. The first-order chi connectivity index (χ1) is 5.68. The molecule has 5 nitrogen and oxygen atoms in total. The third kappa shape index (κ3) is 0.795. The first kappa shape index (κ1) is 6.90. The van der Waals surface area contributed by atoms with Crippen LogP contribution in [-0.4, -0.2) is 14.5 Å². The summed E-state index contributed by atoms with van der Waals surface area (Å²) in [6.45, 7) is 0. The largest absolute Gasteiger partial charge is 0.383 e. The zero-order valence-corrected chi connectivity index (χ0v) is 6.65. The van der Waals surface area contributed by atoms with E-state index in [9.17, 15) is 0 Å². The van der Waals surface area contributed by atoms with Crippen LogP contribution in [0.25, 0.3) is 11.0 Å². The van der Waals surface area contributed by atoms with Crippen molar-refractivity contribution in [3.05, 3.63) is 12.3 Å². The average Bonchev–Trinajstić information content (AvgIpc) is 2.33. The highest BCUT2D eigenvalue weighted by atomic mass is 15.1. The van der Waals surface area contributed by atoms with Crippen molar-refractivity contribution < 1.29 is 0 Å². The number of nitrogens with two attached hydrogens (primary N) is 2. The predicted octanol–water partition coefficient (Wildman–Crippen LogP) is 0.133. The van der Waals surface area contributed by atoms with E-state index in [1.807, 2.05) is 23.9 Å². The Balaban J connectivity index is 2.92. The summed E-state index contributed by atoms with van der Waals surface area (Å²) in [5.41, 5.74) is 11.8. The van der Waals surface area contributed by atoms with Gasteiger partial charge in [0, 0.05) is 13.2 Å². The molecule has 0 atom stereocenters. The van der Waals surface area contributed by atoms with E-state index in [0.29, 0.717) is 5.82 Å². The molecule has 62 valence electrons. The zero-order chi connectivity index (χ0) is 8.72. The van der Waals surface area contributed by atoms with Gasteiger partial charge in [-0.15, -0.1) is 0 Å². The number of fused-ring (bicyclic) bond motifs is 1. The number of nitrogen functional groups attached to an aromatic ring is 2. The van der Waals surface area contributed by atoms with Crippen molar-refractivity contribution in [2.24, 2.45) is 7.05 Å². The molecule has 0 unspecified atom stereocenters. The summed E-state index contributed by atoms with van der Waals surface area (Å²) >= 11 is 0. The number of rotatable bonds is 0. The van der Waals surface area contributed by atoms with Crippen molar-refractivity contribution in [1.29, 1.82) is 0 Å². The molecule has 0 aliphatic rings. The van der Waals surface area contributed by atoms with Gasteiger partial charge in [0.15, 0.2) is 0 Å². The number of aromatic nitrogens is 3. The van der Waals surface area contributed by atoms with Gasteiger partial charge in [0.1, 0.15) is 11.5 Å². The predicted molar refractivity (Wildman–Crippen MR) is 47.3 cm³/mol. The van der Waals surface area contributed by atoms with Gasteiger partial charge in [-0.25, -0.2) is 0 Å². The third-order valence-corrected chi connectivity index (χ3v) is 1.77. The van der Waals surface area contributed by atoms with Crippen molar-refractivity contribution >= 4 is 22.8 Å². The molecule has 0 aliphatic heterocycles. The molecule has 4 N–H and O–H groups in total. The van der Waals surface area contributed by atoms with E-state index >= 15 is 0 Å². The summed E-state index contributed by atoms with van der Waals surface area (Å²) in [4.78, 5) is 7.89. The highest BCUT2D eigenvalue weighted by molar-refractivity contribution is 5.87. The first-order valence-corrected chi connectivity index (χ1v) is 3.52. The highest BCUT2D eigenvalue weighted by Gasteiger charge is 2.04. The van der Waals surface area contributed by atoms with E-state index in [1.54, 1.807) is 0 Å². The normalized spacial score (nSPS) is 10.8. The molecule has 0 aliphatic carbocycles. The van der Waals surface area contributed by atoms with Crippen molar-refractivity contribution in [3.8, 4) is 0 Å². The van der Waals surface area contributed by atoms with Crippen molar-refractivity contribution in [1.82, 2.24) is 14.5 Å². The summed E-state index contributed by atoms with van der Waals surface area (Å²) in [5.74, 6) is 0.639. The smallest absolute Gasteiger partial charge is 0.223 e. The Bertz CT molecular complexity index is 431.